The predicted molar refractivity (Wildman–Crippen MR) is 72.5 cm³/mol. The number of fused-ring (bicyclic) bond motifs is 1. The van der Waals surface area contributed by atoms with E-state index >= 15 is 0 Å². The highest BCUT2D eigenvalue weighted by atomic mass is 79.9. The average Bonchev–Trinajstić information content (AvgIpc) is 2.83. The number of benzene rings is 1. The normalized spacial score (nSPS) is 31.4. The van der Waals surface area contributed by atoms with Crippen molar-refractivity contribution in [1.82, 2.24) is 5.32 Å². The van der Waals surface area contributed by atoms with Crippen molar-refractivity contribution in [3.05, 3.63) is 27.7 Å². The summed E-state index contributed by atoms with van der Waals surface area (Å²) in [5, 5.41) is 3.62. The molecule has 0 saturated carbocycles. The Bertz CT molecular complexity index is 452. The highest BCUT2D eigenvalue weighted by Gasteiger charge is 2.36. The van der Waals surface area contributed by atoms with E-state index in [1.54, 1.807) is 0 Å². The van der Waals surface area contributed by atoms with Gasteiger partial charge in [0.05, 0.1) is 0 Å². The fourth-order valence-electron chi connectivity index (χ4n) is 3.03. The third kappa shape index (κ3) is 1.89. The quantitative estimate of drug-likeness (QED) is 0.858. The molecule has 1 fully saturated rings. The van der Waals surface area contributed by atoms with E-state index in [9.17, 15) is 0 Å². The van der Waals surface area contributed by atoms with Gasteiger partial charge in [-0.2, -0.15) is 0 Å². The Morgan fingerprint density at radius 3 is 3.00 bits per heavy atom. The first kappa shape index (κ1) is 11.5. The average molecular weight is 296 g/mol. The lowest BCUT2D eigenvalue weighted by atomic mass is 9.88. The van der Waals surface area contributed by atoms with Gasteiger partial charge >= 0.3 is 0 Å². The fourth-order valence-corrected chi connectivity index (χ4v) is 3.53. The van der Waals surface area contributed by atoms with E-state index in [4.69, 9.17) is 4.74 Å². The van der Waals surface area contributed by atoms with Crippen molar-refractivity contribution in [3.63, 3.8) is 0 Å². The monoisotopic (exact) mass is 295 g/mol. The van der Waals surface area contributed by atoms with Crippen LogP contribution in [0.5, 0.6) is 5.75 Å². The molecule has 3 rings (SSSR count). The first-order chi connectivity index (χ1) is 8.08. The van der Waals surface area contributed by atoms with Crippen LogP contribution in [0, 0.1) is 0 Å². The van der Waals surface area contributed by atoms with Gasteiger partial charge in [0.1, 0.15) is 11.9 Å². The summed E-state index contributed by atoms with van der Waals surface area (Å²) in [5.74, 6) is 1.12. The van der Waals surface area contributed by atoms with Crippen molar-refractivity contribution >= 4 is 15.9 Å². The van der Waals surface area contributed by atoms with Crippen LogP contribution in [-0.2, 0) is 12.0 Å². The van der Waals surface area contributed by atoms with E-state index < -0.39 is 0 Å². The predicted octanol–water partition coefficient (Wildman–Crippen LogP) is 3.37. The summed E-state index contributed by atoms with van der Waals surface area (Å²) < 4.78 is 7.18. The van der Waals surface area contributed by atoms with Gasteiger partial charge in [-0.25, -0.2) is 0 Å². The van der Waals surface area contributed by atoms with Gasteiger partial charge in [-0.1, -0.05) is 15.9 Å². The molecule has 2 heterocycles. The zero-order valence-corrected chi connectivity index (χ0v) is 11.9. The molecule has 0 amide bonds. The third-order valence-electron chi connectivity index (χ3n) is 3.92. The van der Waals surface area contributed by atoms with Gasteiger partial charge in [0.15, 0.2) is 0 Å². The molecule has 0 aromatic heterocycles. The lowest BCUT2D eigenvalue weighted by molar-refractivity contribution is 0.246. The standard InChI is InChI=1S/C14H18BrNO/c1-9-6-10-7-11(15)8-12(13(10)17-9)14(2)4-3-5-16-14/h7-9,16H,3-6H2,1-2H3. The van der Waals surface area contributed by atoms with Crippen LogP contribution in [0.4, 0.5) is 0 Å². The second-order valence-corrected chi connectivity index (χ2v) is 6.35. The topological polar surface area (TPSA) is 21.3 Å². The summed E-state index contributed by atoms with van der Waals surface area (Å²) in [6, 6.07) is 4.41. The second-order valence-electron chi connectivity index (χ2n) is 5.44. The Hall–Kier alpha value is -0.540. The Morgan fingerprint density at radius 2 is 2.29 bits per heavy atom. The summed E-state index contributed by atoms with van der Waals surface area (Å²) in [4.78, 5) is 0. The molecular weight excluding hydrogens is 278 g/mol. The van der Waals surface area contributed by atoms with Crippen LogP contribution in [-0.4, -0.2) is 12.6 Å². The number of hydrogen-bond acceptors (Lipinski definition) is 2. The number of rotatable bonds is 1. The van der Waals surface area contributed by atoms with Crippen molar-refractivity contribution in [1.29, 1.82) is 0 Å². The summed E-state index contributed by atoms with van der Waals surface area (Å²) in [5.41, 5.74) is 2.75. The van der Waals surface area contributed by atoms with Crippen LogP contribution in [0.2, 0.25) is 0 Å². The molecule has 1 aromatic carbocycles. The number of ether oxygens (including phenoxy) is 1. The van der Waals surface area contributed by atoms with E-state index in [1.165, 1.54) is 28.4 Å². The third-order valence-corrected chi connectivity index (χ3v) is 4.38. The van der Waals surface area contributed by atoms with Crippen LogP contribution >= 0.6 is 15.9 Å². The van der Waals surface area contributed by atoms with Gasteiger partial charge in [0.25, 0.3) is 0 Å². The SMILES string of the molecule is CC1Cc2cc(Br)cc(C3(C)CCCN3)c2O1. The van der Waals surface area contributed by atoms with E-state index in [0.717, 1.165) is 18.7 Å². The summed E-state index contributed by atoms with van der Waals surface area (Å²) >= 11 is 3.62. The molecule has 1 N–H and O–H groups in total. The minimum atomic E-state index is 0.0813. The van der Waals surface area contributed by atoms with Crippen LogP contribution < -0.4 is 10.1 Å². The lowest BCUT2D eigenvalue weighted by Crippen LogP contribution is -2.33. The zero-order chi connectivity index (χ0) is 12.0. The lowest BCUT2D eigenvalue weighted by Gasteiger charge is -2.27. The van der Waals surface area contributed by atoms with E-state index in [-0.39, 0.29) is 5.54 Å². The van der Waals surface area contributed by atoms with Gasteiger partial charge in [-0.15, -0.1) is 0 Å². The molecule has 0 spiro atoms. The van der Waals surface area contributed by atoms with Gasteiger partial charge < -0.3 is 10.1 Å². The van der Waals surface area contributed by atoms with Crippen LogP contribution in [0.15, 0.2) is 16.6 Å². The van der Waals surface area contributed by atoms with Crippen molar-refractivity contribution in [2.75, 3.05) is 6.54 Å². The largest absolute Gasteiger partial charge is 0.490 e. The molecule has 0 bridgehead atoms. The molecule has 2 aliphatic heterocycles. The van der Waals surface area contributed by atoms with Crippen LogP contribution in [0.3, 0.4) is 0 Å². The molecule has 0 radical (unpaired) electrons. The Morgan fingerprint density at radius 1 is 1.47 bits per heavy atom. The molecule has 3 heteroatoms. The highest BCUT2D eigenvalue weighted by molar-refractivity contribution is 9.10. The summed E-state index contributed by atoms with van der Waals surface area (Å²) in [7, 11) is 0. The van der Waals surface area contributed by atoms with Crippen LogP contribution in [0.1, 0.15) is 37.8 Å². The Balaban J connectivity index is 2.11. The molecule has 92 valence electrons. The van der Waals surface area contributed by atoms with Gasteiger partial charge in [-0.05, 0) is 50.9 Å². The maximum atomic E-state index is 6.01. The summed E-state index contributed by atoms with van der Waals surface area (Å²) in [6.45, 7) is 5.53. The molecular formula is C14H18BrNO. The highest BCUT2D eigenvalue weighted by Crippen LogP contribution is 2.43. The van der Waals surface area contributed by atoms with Gasteiger partial charge in [-0.3, -0.25) is 0 Å². The minimum Gasteiger partial charge on any atom is -0.490 e. The first-order valence-corrected chi connectivity index (χ1v) is 7.12. The minimum absolute atomic E-state index is 0.0813. The van der Waals surface area contributed by atoms with Crippen molar-refractivity contribution in [2.24, 2.45) is 0 Å². The zero-order valence-electron chi connectivity index (χ0n) is 10.3. The Kier molecular flexibility index (Phi) is 2.71. The molecule has 2 nitrogen and oxygen atoms in total. The molecule has 1 aromatic rings. The van der Waals surface area contributed by atoms with E-state index in [0.29, 0.717) is 6.10 Å². The van der Waals surface area contributed by atoms with E-state index in [1.807, 2.05) is 0 Å². The molecule has 2 unspecified atom stereocenters. The van der Waals surface area contributed by atoms with Gasteiger partial charge in [0, 0.05) is 22.0 Å². The van der Waals surface area contributed by atoms with E-state index in [2.05, 4.69) is 47.2 Å². The number of halogens is 1. The maximum absolute atomic E-state index is 6.01. The molecule has 2 atom stereocenters. The van der Waals surface area contributed by atoms with Gasteiger partial charge in [0.2, 0.25) is 0 Å². The van der Waals surface area contributed by atoms with Crippen molar-refractivity contribution < 1.29 is 4.74 Å². The number of nitrogens with one attached hydrogen (secondary N) is 1. The second kappa shape index (κ2) is 3.99. The van der Waals surface area contributed by atoms with Crippen LogP contribution in [0.25, 0.3) is 0 Å². The molecule has 17 heavy (non-hydrogen) atoms. The first-order valence-electron chi connectivity index (χ1n) is 6.33. The maximum Gasteiger partial charge on any atom is 0.128 e. The smallest absolute Gasteiger partial charge is 0.128 e. The number of hydrogen-bond donors (Lipinski definition) is 1. The molecule has 2 aliphatic rings. The van der Waals surface area contributed by atoms with Crippen molar-refractivity contribution in [3.8, 4) is 5.75 Å². The Labute approximate surface area is 111 Å². The van der Waals surface area contributed by atoms with Crippen molar-refractivity contribution in [2.45, 2.75) is 44.8 Å². The molecule has 1 saturated heterocycles. The summed E-state index contributed by atoms with van der Waals surface area (Å²) in [6.07, 6.45) is 3.77. The fraction of sp³-hybridized carbons (Fsp3) is 0.571. The molecule has 0 aliphatic carbocycles.